The van der Waals surface area contributed by atoms with Crippen molar-refractivity contribution < 1.29 is 32.9 Å². The highest BCUT2D eigenvalue weighted by Gasteiger charge is 2.25. The SMILES string of the molecule is COCCOC1=CC/C(=C2/C=CC(OC=O)=C(F)C2C)C=C1OCCOC. The van der Waals surface area contributed by atoms with Crippen LogP contribution < -0.4 is 0 Å². The van der Waals surface area contributed by atoms with E-state index < -0.39 is 11.7 Å². The van der Waals surface area contributed by atoms with Gasteiger partial charge in [-0.2, -0.15) is 0 Å². The number of rotatable bonds is 10. The fraction of sp³-hybridized carbons (Fsp3) is 0.450. The molecule has 0 amide bonds. The molecule has 27 heavy (non-hydrogen) atoms. The number of halogens is 1. The van der Waals surface area contributed by atoms with Crippen LogP contribution in [0.3, 0.4) is 0 Å². The van der Waals surface area contributed by atoms with Crippen LogP contribution in [-0.4, -0.2) is 47.1 Å². The first-order chi connectivity index (χ1) is 13.1. The largest absolute Gasteiger partial charge is 0.488 e. The molecule has 2 aliphatic carbocycles. The van der Waals surface area contributed by atoms with E-state index in [1.54, 1.807) is 27.2 Å². The van der Waals surface area contributed by atoms with E-state index in [1.807, 2.05) is 12.2 Å². The minimum absolute atomic E-state index is 0.0580. The molecule has 0 aliphatic heterocycles. The van der Waals surface area contributed by atoms with Crippen LogP contribution in [0.25, 0.3) is 0 Å². The molecule has 0 aromatic rings. The molecule has 148 valence electrons. The summed E-state index contributed by atoms with van der Waals surface area (Å²) in [6, 6.07) is 0. The molecule has 0 aromatic heterocycles. The fourth-order valence-electron chi connectivity index (χ4n) is 2.78. The monoisotopic (exact) mass is 380 g/mol. The number of ether oxygens (including phenoxy) is 5. The predicted molar refractivity (Wildman–Crippen MR) is 97.1 cm³/mol. The Labute approximate surface area is 158 Å². The zero-order chi connectivity index (χ0) is 19.6. The van der Waals surface area contributed by atoms with Crippen molar-refractivity contribution >= 4 is 6.47 Å². The average molecular weight is 380 g/mol. The van der Waals surface area contributed by atoms with Crippen LogP contribution >= 0.6 is 0 Å². The van der Waals surface area contributed by atoms with E-state index in [-0.39, 0.29) is 12.2 Å². The van der Waals surface area contributed by atoms with E-state index in [4.69, 9.17) is 18.9 Å². The zero-order valence-corrected chi connectivity index (χ0v) is 15.8. The van der Waals surface area contributed by atoms with Crippen molar-refractivity contribution in [2.24, 2.45) is 5.92 Å². The van der Waals surface area contributed by atoms with E-state index in [0.29, 0.717) is 44.4 Å². The number of hydrogen-bond acceptors (Lipinski definition) is 6. The van der Waals surface area contributed by atoms with Crippen molar-refractivity contribution in [3.05, 3.63) is 58.6 Å². The van der Waals surface area contributed by atoms with Gasteiger partial charge in [-0.1, -0.05) is 13.0 Å². The molecule has 6 nitrogen and oxygen atoms in total. The molecule has 7 heteroatoms. The van der Waals surface area contributed by atoms with Crippen LogP contribution in [0, 0.1) is 5.92 Å². The number of methoxy groups -OCH3 is 2. The Bertz CT molecular complexity index is 687. The first kappa shape index (κ1) is 20.9. The van der Waals surface area contributed by atoms with Crippen LogP contribution in [0.1, 0.15) is 13.3 Å². The molecule has 0 heterocycles. The molecule has 0 saturated carbocycles. The van der Waals surface area contributed by atoms with E-state index in [2.05, 4.69) is 4.74 Å². The summed E-state index contributed by atoms with van der Waals surface area (Å²) in [6.45, 7) is 3.62. The highest BCUT2D eigenvalue weighted by atomic mass is 19.1. The van der Waals surface area contributed by atoms with Crippen LogP contribution in [0.5, 0.6) is 0 Å². The van der Waals surface area contributed by atoms with E-state index in [0.717, 1.165) is 11.1 Å². The highest BCUT2D eigenvalue weighted by Crippen LogP contribution is 2.36. The lowest BCUT2D eigenvalue weighted by Crippen LogP contribution is -2.13. The van der Waals surface area contributed by atoms with Gasteiger partial charge >= 0.3 is 0 Å². The van der Waals surface area contributed by atoms with E-state index in [9.17, 15) is 9.18 Å². The summed E-state index contributed by atoms with van der Waals surface area (Å²) < 4.78 is 40.6. The second kappa shape index (κ2) is 10.7. The van der Waals surface area contributed by atoms with E-state index in [1.165, 1.54) is 6.08 Å². The normalized spacial score (nSPS) is 22.3. The Morgan fingerprint density at radius 2 is 1.74 bits per heavy atom. The van der Waals surface area contributed by atoms with Gasteiger partial charge in [-0.15, -0.1) is 0 Å². The minimum Gasteiger partial charge on any atom is -0.488 e. The topological polar surface area (TPSA) is 63.2 Å². The molecule has 0 spiro atoms. The molecule has 2 aliphatic rings. The standard InChI is InChI=1S/C20H25FO6/c1-14-16(5-7-18(20(14)21)27-13-22)15-4-6-17(25-10-8-23-2)19(12-15)26-11-9-24-3/h5-7,12-14H,4,8-11H2,1-3H3/b16-15+. The van der Waals surface area contributed by atoms with Gasteiger partial charge < -0.3 is 23.7 Å². The van der Waals surface area contributed by atoms with Crippen LogP contribution in [0.15, 0.2) is 58.6 Å². The van der Waals surface area contributed by atoms with Crippen molar-refractivity contribution in [2.45, 2.75) is 13.3 Å². The first-order valence-electron chi connectivity index (χ1n) is 8.69. The van der Waals surface area contributed by atoms with Gasteiger partial charge in [0.25, 0.3) is 6.47 Å². The van der Waals surface area contributed by atoms with Crippen LogP contribution in [0.2, 0.25) is 0 Å². The molecule has 0 N–H and O–H groups in total. The first-order valence-corrected chi connectivity index (χ1v) is 8.69. The Kier molecular flexibility index (Phi) is 8.29. The van der Waals surface area contributed by atoms with Crippen LogP contribution in [-0.2, 0) is 28.5 Å². The Morgan fingerprint density at radius 1 is 1.07 bits per heavy atom. The average Bonchev–Trinajstić information content (AvgIpc) is 2.67. The maximum Gasteiger partial charge on any atom is 0.298 e. The molecule has 0 saturated heterocycles. The molecular weight excluding hydrogens is 355 g/mol. The van der Waals surface area contributed by atoms with Crippen molar-refractivity contribution in [1.29, 1.82) is 0 Å². The Hall–Kier alpha value is -2.38. The maximum absolute atomic E-state index is 14.4. The molecule has 0 aromatic carbocycles. The summed E-state index contributed by atoms with van der Waals surface area (Å²) in [5.74, 6) is 0.129. The second-order valence-corrected chi connectivity index (χ2v) is 5.93. The molecule has 0 fully saturated rings. The quantitative estimate of drug-likeness (QED) is 0.428. The number of allylic oxidation sites excluding steroid dienone is 7. The third-order valence-corrected chi connectivity index (χ3v) is 4.19. The molecule has 1 unspecified atom stereocenters. The lowest BCUT2D eigenvalue weighted by atomic mass is 9.87. The van der Waals surface area contributed by atoms with Gasteiger partial charge in [-0.05, 0) is 35.8 Å². The van der Waals surface area contributed by atoms with Gasteiger partial charge in [-0.3, -0.25) is 4.79 Å². The molecule has 0 radical (unpaired) electrons. The molecule has 2 rings (SSSR count). The van der Waals surface area contributed by atoms with Gasteiger partial charge in [0.15, 0.2) is 17.3 Å². The lowest BCUT2D eigenvalue weighted by Gasteiger charge is -2.24. The van der Waals surface area contributed by atoms with Gasteiger partial charge in [0.2, 0.25) is 0 Å². The van der Waals surface area contributed by atoms with Crippen molar-refractivity contribution in [3.8, 4) is 0 Å². The summed E-state index contributed by atoms with van der Waals surface area (Å²) in [6.07, 6.45) is 7.54. The van der Waals surface area contributed by atoms with Gasteiger partial charge in [0.05, 0.1) is 13.2 Å². The number of carbonyl (C=O) groups is 1. The third kappa shape index (κ3) is 5.55. The summed E-state index contributed by atoms with van der Waals surface area (Å²) in [4.78, 5) is 10.5. The van der Waals surface area contributed by atoms with Crippen molar-refractivity contribution in [3.63, 3.8) is 0 Å². The molecular formula is C20H25FO6. The third-order valence-electron chi connectivity index (χ3n) is 4.19. The lowest BCUT2D eigenvalue weighted by molar-refractivity contribution is -0.124. The Morgan fingerprint density at radius 3 is 2.37 bits per heavy atom. The number of carbonyl (C=O) groups excluding carboxylic acids is 1. The Balaban J connectivity index is 2.23. The van der Waals surface area contributed by atoms with Crippen molar-refractivity contribution in [2.75, 3.05) is 40.6 Å². The maximum atomic E-state index is 14.4. The fourth-order valence-corrected chi connectivity index (χ4v) is 2.78. The summed E-state index contributed by atoms with van der Waals surface area (Å²) in [5, 5.41) is 0. The molecule has 1 atom stereocenters. The van der Waals surface area contributed by atoms with Gasteiger partial charge in [0, 0.05) is 20.1 Å². The smallest absolute Gasteiger partial charge is 0.298 e. The summed E-state index contributed by atoms with van der Waals surface area (Å²) in [5.41, 5.74) is 1.70. The predicted octanol–water partition coefficient (Wildman–Crippen LogP) is 3.34. The number of hydrogen-bond donors (Lipinski definition) is 0. The van der Waals surface area contributed by atoms with Crippen LogP contribution in [0.4, 0.5) is 4.39 Å². The van der Waals surface area contributed by atoms with Gasteiger partial charge in [0.1, 0.15) is 19.0 Å². The second-order valence-electron chi connectivity index (χ2n) is 5.93. The zero-order valence-electron chi connectivity index (χ0n) is 15.8. The van der Waals surface area contributed by atoms with E-state index >= 15 is 0 Å². The van der Waals surface area contributed by atoms with Crippen molar-refractivity contribution in [1.82, 2.24) is 0 Å². The van der Waals surface area contributed by atoms with Gasteiger partial charge in [-0.25, -0.2) is 4.39 Å². The summed E-state index contributed by atoms with van der Waals surface area (Å²) in [7, 11) is 3.20. The summed E-state index contributed by atoms with van der Waals surface area (Å²) >= 11 is 0. The highest BCUT2D eigenvalue weighted by molar-refractivity contribution is 5.51. The molecule has 0 bridgehead atoms. The minimum atomic E-state index is -0.527.